The predicted octanol–water partition coefficient (Wildman–Crippen LogP) is 2.01. The van der Waals surface area contributed by atoms with E-state index < -0.39 is 18.0 Å². The van der Waals surface area contributed by atoms with Crippen LogP contribution in [0.5, 0.6) is 5.75 Å². The van der Waals surface area contributed by atoms with Crippen LogP contribution in [0.3, 0.4) is 0 Å². The number of amides is 1. The van der Waals surface area contributed by atoms with Gasteiger partial charge in [-0.05, 0) is 41.1 Å². The highest BCUT2D eigenvalue weighted by Crippen LogP contribution is 2.28. The van der Waals surface area contributed by atoms with Gasteiger partial charge in [0.15, 0.2) is 12.7 Å². The number of carbonyl (C=O) groups is 2. The van der Waals surface area contributed by atoms with Crippen molar-refractivity contribution in [1.82, 2.24) is 0 Å². The van der Waals surface area contributed by atoms with E-state index in [2.05, 4.69) is 31.9 Å². The summed E-state index contributed by atoms with van der Waals surface area (Å²) in [6, 6.07) is 5.25. The first-order valence-corrected chi connectivity index (χ1v) is 6.55. The van der Waals surface area contributed by atoms with Gasteiger partial charge in [0.1, 0.15) is 5.75 Å². The lowest BCUT2D eigenvalue weighted by Crippen LogP contribution is -2.32. The van der Waals surface area contributed by atoms with Gasteiger partial charge in [0.05, 0.1) is 4.47 Å². The van der Waals surface area contributed by atoms with E-state index in [1.807, 2.05) is 0 Å². The smallest absolute Gasteiger partial charge is 0.344 e. The zero-order valence-electron chi connectivity index (χ0n) is 9.48. The normalized spacial score (nSPS) is 11.7. The lowest BCUT2D eigenvalue weighted by atomic mass is 10.3. The summed E-state index contributed by atoms with van der Waals surface area (Å²) >= 11 is 6.59. The Morgan fingerprint density at radius 1 is 1.39 bits per heavy atom. The van der Waals surface area contributed by atoms with E-state index in [1.54, 1.807) is 18.2 Å². The van der Waals surface area contributed by atoms with Crippen molar-refractivity contribution >= 4 is 43.7 Å². The van der Waals surface area contributed by atoms with Crippen molar-refractivity contribution in [3.63, 3.8) is 0 Å². The predicted molar refractivity (Wildman–Crippen MR) is 72.1 cm³/mol. The number of hydrogen-bond acceptors (Lipinski definition) is 4. The molecule has 0 saturated carbocycles. The Morgan fingerprint density at radius 3 is 2.61 bits per heavy atom. The van der Waals surface area contributed by atoms with Crippen molar-refractivity contribution in [1.29, 1.82) is 0 Å². The molecule has 1 aromatic carbocycles. The van der Waals surface area contributed by atoms with E-state index in [9.17, 15) is 9.59 Å². The van der Waals surface area contributed by atoms with Gasteiger partial charge >= 0.3 is 5.97 Å². The maximum Gasteiger partial charge on any atom is 0.344 e. The van der Waals surface area contributed by atoms with E-state index in [1.165, 1.54) is 6.92 Å². The molecule has 0 saturated heterocycles. The molecule has 0 heterocycles. The summed E-state index contributed by atoms with van der Waals surface area (Å²) in [5.74, 6) is -0.855. The summed E-state index contributed by atoms with van der Waals surface area (Å²) in [5, 5.41) is 0. The molecule has 0 aliphatic heterocycles. The Balaban J connectivity index is 2.50. The van der Waals surface area contributed by atoms with Gasteiger partial charge in [0.2, 0.25) is 0 Å². The molecule has 1 rings (SSSR count). The Kier molecular flexibility index (Phi) is 5.61. The number of ether oxygens (including phenoxy) is 2. The molecule has 0 aliphatic carbocycles. The molecule has 0 unspecified atom stereocenters. The minimum atomic E-state index is -0.963. The molecule has 1 aromatic rings. The third-order valence-electron chi connectivity index (χ3n) is 1.95. The third-order valence-corrected chi connectivity index (χ3v) is 3.06. The SMILES string of the molecule is C[C@@H](OC(=O)COc1ccc(Br)cc1Br)C(N)=O. The van der Waals surface area contributed by atoms with Crippen molar-refractivity contribution in [2.75, 3.05) is 6.61 Å². The van der Waals surface area contributed by atoms with Crippen molar-refractivity contribution in [2.45, 2.75) is 13.0 Å². The van der Waals surface area contributed by atoms with Crippen molar-refractivity contribution in [3.05, 3.63) is 27.1 Å². The molecular formula is C11H11Br2NO4. The second kappa shape index (κ2) is 6.75. The quantitative estimate of drug-likeness (QED) is 0.792. The first-order valence-electron chi connectivity index (χ1n) is 4.97. The van der Waals surface area contributed by atoms with Gasteiger partial charge in [-0.2, -0.15) is 0 Å². The lowest BCUT2D eigenvalue weighted by molar-refractivity contribution is -0.155. The highest BCUT2D eigenvalue weighted by molar-refractivity contribution is 9.11. The third kappa shape index (κ3) is 4.66. The van der Waals surface area contributed by atoms with Gasteiger partial charge in [-0.3, -0.25) is 4.79 Å². The van der Waals surface area contributed by atoms with Crippen LogP contribution in [0.15, 0.2) is 27.1 Å². The van der Waals surface area contributed by atoms with Crippen LogP contribution < -0.4 is 10.5 Å². The Morgan fingerprint density at radius 2 is 2.06 bits per heavy atom. The monoisotopic (exact) mass is 379 g/mol. The molecule has 0 fully saturated rings. The van der Waals surface area contributed by atoms with Gasteiger partial charge < -0.3 is 15.2 Å². The molecule has 1 atom stereocenters. The highest BCUT2D eigenvalue weighted by Gasteiger charge is 2.15. The average Bonchev–Trinajstić information content (AvgIpc) is 2.27. The number of benzene rings is 1. The number of nitrogens with two attached hydrogens (primary N) is 1. The van der Waals surface area contributed by atoms with Crippen LogP contribution >= 0.6 is 31.9 Å². The van der Waals surface area contributed by atoms with E-state index in [-0.39, 0.29) is 6.61 Å². The van der Waals surface area contributed by atoms with Crippen LogP contribution in [0.25, 0.3) is 0 Å². The highest BCUT2D eigenvalue weighted by atomic mass is 79.9. The molecule has 98 valence electrons. The first-order chi connectivity index (χ1) is 8.40. The van der Waals surface area contributed by atoms with E-state index in [0.717, 1.165) is 4.47 Å². The van der Waals surface area contributed by atoms with Crippen LogP contribution in [-0.4, -0.2) is 24.6 Å². The summed E-state index contributed by atoms with van der Waals surface area (Å²) in [4.78, 5) is 22.0. The van der Waals surface area contributed by atoms with Crippen molar-refractivity contribution in [2.24, 2.45) is 5.73 Å². The molecule has 7 heteroatoms. The summed E-state index contributed by atoms with van der Waals surface area (Å²) in [6.45, 7) is 1.10. The van der Waals surface area contributed by atoms with Crippen molar-refractivity contribution < 1.29 is 19.1 Å². The van der Waals surface area contributed by atoms with Crippen LogP contribution in [-0.2, 0) is 14.3 Å². The van der Waals surface area contributed by atoms with Gasteiger partial charge in [-0.1, -0.05) is 15.9 Å². The molecule has 0 bridgehead atoms. The maximum absolute atomic E-state index is 11.3. The zero-order valence-corrected chi connectivity index (χ0v) is 12.7. The first kappa shape index (κ1) is 15.0. The average molecular weight is 381 g/mol. The molecule has 0 spiro atoms. The number of esters is 1. The summed E-state index contributed by atoms with van der Waals surface area (Å²) in [5.41, 5.74) is 4.96. The summed E-state index contributed by atoms with van der Waals surface area (Å²) in [6.07, 6.45) is -0.963. The van der Waals surface area contributed by atoms with Gasteiger partial charge in [0, 0.05) is 4.47 Å². The molecule has 0 aromatic heterocycles. The minimum Gasteiger partial charge on any atom is -0.481 e. The van der Waals surface area contributed by atoms with Crippen LogP contribution in [0.4, 0.5) is 0 Å². The van der Waals surface area contributed by atoms with Gasteiger partial charge in [-0.25, -0.2) is 4.79 Å². The largest absolute Gasteiger partial charge is 0.481 e. The van der Waals surface area contributed by atoms with Crippen LogP contribution in [0.1, 0.15) is 6.92 Å². The molecular weight excluding hydrogens is 370 g/mol. The molecule has 5 nitrogen and oxygen atoms in total. The number of hydrogen-bond donors (Lipinski definition) is 1. The summed E-state index contributed by atoms with van der Waals surface area (Å²) < 4.78 is 11.6. The molecule has 0 aliphatic rings. The fourth-order valence-electron chi connectivity index (χ4n) is 1.02. The fraction of sp³-hybridized carbons (Fsp3) is 0.273. The number of primary amides is 1. The Labute approximate surface area is 121 Å². The topological polar surface area (TPSA) is 78.6 Å². The second-order valence-corrected chi connectivity index (χ2v) is 5.17. The second-order valence-electron chi connectivity index (χ2n) is 3.40. The minimum absolute atomic E-state index is 0.294. The molecule has 18 heavy (non-hydrogen) atoms. The lowest BCUT2D eigenvalue weighted by Gasteiger charge is -2.11. The van der Waals surface area contributed by atoms with E-state index in [4.69, 9.17) is 15.2 Å². The standard InChI is InChI=1S/C11H11Br2NO4/c1-6(11(14)16)18-10(15)5-17-9-3-2-7(12)4-8(9)13/h2-4,6H,5H2,1H3,(H2,14,16)/t6-/m1/s1. The Bertz CT molecular complexity index is 464. The van der Waals surface area contributed by atoms with Crippen molar-refractivity contribution in [3.8, 4) is 5.75 Å². The fourth-order valence-corrected chi connectivity index (χ4v) is 2.18. The maximum atomic E-state index is 11.3. The van der Waals surface area contributed by atoms with Crippen LogP contribution in [0, 0.1) is 0 Å². The number of rotatable bonds is 5. The summed E-state index contributed by atoms with van der Waals surface area (Å²) in [7, 11) is 0. The van der Waals surface area contributed by atoms with E-state index in [0.29, 0.717) is 10.2 Å². The Hall–Kier alpha value is -1.08. The molecule has 0 radical (unpaired) electrons. The van der Waals surface area contributed by atoms with Crippen LogP contribution in [0.2, 0.25) is 0 Å². The van der Waals surface area contributed by atoms with E-state index >= 15 is 0 Å². The zero-order chi connectivity index (χ0) is 13.7. The van der Waals surface area contributed by atoms with Gasteiger partial charge in [-0.15, -0.1) is 0 Å². The number of carbonyl (C=O) groups excluding carboxylic acids is 2. The van der Waals surface area contributed by atoms with Gasteiger partial charge in [0.25, 0.3) is 5.91 Å². The number of halogens is 2. The molecule has 1 amide bonds. The molecule has 2 N–H and O–H groups in total.